The van der Waals surface area contributed by atoms with E-state index in [2.05, 4.69) is 42.2 Å². The fourth-order valence-electron chi connectivity index (χ4n) is 10.8. The van der Waals surface area contributed by atoms with Crippen LogP contribution in [0.15, 0.2) is 66.4 Å². The van der Waals surface area contributed by atoms with Crippen LogP contribution in [0.2, 0.25) is 5.02 Å². The van der Waals surface area contributed by atoms with E-state index in [1.54, 1.807) is 64.1 Å². The average Bonchev–Trinajstić information content (AvgIpc) is 1.57. The molecule has 4 bridgehead atoms. The number of primary amides is 1. The van der Waals surface area contributed by atoms with Crippen LogP contribution in [0.1, 0.15) is 85.1 Å². The summed E-state index contributed by atoms with van der Waals surface area (Å²) in [5.74, 6) is -4.37. The van der Waals surface area contributed by atoms with E-state index < -0.39 is 114 Å². The van der Waals surface area contributed by atoms with Gasteiger partial charge < -0.3 is 80.3 Å². The third kappa shape index (κ3) is 18.7. The van der Waals surface area contributed by atoms with Gasteiger partial charge in [-0.1, -0.05) is 56.2 Å². The Labute approximate surface area is 541 Å². The Hall–Kier alpha value is -8.26. The molecule has 9 amide bonds. The number of aliphatic hydroxyl groups is 1. The normalized spacial score (nSPS) is 23.9. The summed E-state index contributed by atoms with van der Waals surface area (Å²) in [7, 11) is 4.39. The summed E-state index contributed by atoms with van der Waals surface area (Å²) < 4.78 is 40.6. The number of nitrogens with two attached hydrogens (primary N) is 1. The second-order valence-electron chi connectivity index (χ2n) is 23.0. The zero-order chi connectivity index (χ0) is 67.0. The van der Waals surface area contributed by atoms with Crippen LogP contribution in [0.25, 0.3) is 10.9 Å². The molecule has 1 aromatic heterocycles. The number of imide groups is 1. The Morgan fingerprint density at radius 1 is 0.946 bits per heavy atom. The predicted molar refractivity (Wildman–Crippen MR) is 338 cm³/mol. The first kappa shape index (κ1) is 71.2. The number of allylic oxidation sites excluding steroid dienone is 3. The molecule has 5 heterocycles. The van der Waals surface area contributed by atoms with E-state index in [9.17, 15) is 48.3 Å². The number of pyridine rings is 1. The van der Waals surface area contributed by atoms with Gasteiger partial charge in [0.25, 0.3) is 11.8 Å². The third-order valence-corrected chi connectivity index (χ3v) is 16.5. The average molecular weight is 1320 g/mol. The number of nitrogens with zero attached hydrogens (tertiary/aromatic N) is 3. The number of anilines is 3. The number of urea groups is 1. The summed E-state index contributed by atoms with van der Waals surface area (Å²) in [5.41, 5.74) is 4.56. The van der Waals surface area contributed by atoms with Crippen molar-refractivity contribution in [3.63, 3.8) is 0 Å². The summed E-state index contributed by atoms with van der Waals surface area (Å²) in [6, 6.07) is 6.86. The molecule has 0 unspecified atom stereocenters. The lowest BCUT2D eigenvalue weighted by Crippen LogP contribution is -2.63. The highest BCUT2D eigenvalue weighted by atomic mass is 35.5. The molecule has 0 radical (unpaired) electrons. The number of methoxy groups -OCH3 is 2. The fourth-order valence-corrected chi connectivity index (χ4v) is 11.3. The minimum Gasteiger partial charge on any atom is -0.495 e. The quantitative estimate of drug-likeness (QED) is 0.0261. The number of benzene rings is 2. The standard InChI is InChI=1S/C61H80ClN11O18S/c1-33(2)51(70-57(92)66-23-25-87-27-26-86-24-20-49(77)91-73-46(74)18-19-47(73)75)55(79)68-40(14-11-22-65-56(63)80)54(78)67-39-17-16-38(37-13-10-21-64-52(37)39)69-58(81)89-45-31-48(76)72(6)41-29-36(30-42(84-7)50(41)62)28-34(3)12-9-15-44(85-8)61(83)32-43(88-59(82)71-61)35(4)53-60(45,5)90-53/h9-10,12-13,15-17,21,29-30,33,35,40,43-45,51,53,83H,11,14,18-20,22-28,31-32H2,1-8H3,(H,67,78)(H,68,79)(H,69,81)(H,71,82)(H3,63,65,80)(H2,66,70,92)/b15-9+,34-12+/t35-,40+,43+,44-,45+,51+,53+,60+,61+/m1/s1. The van der Waals surface area contributed by atoms with Crippen molar-refractivity contribution in [1.82, 2.24) is 36.6 Å². The number of aromatic nitrogens is 1. The van der Waals surface area contributed by atoms with Crippen molar-refractivity contribution >= 4 is 111 Å². The van der Waals surface area contributed by atoms with Gasteiger partial charge in [-0.15, -0.1) is 5.06 Å². The van der Waals surface area contributed by atoms with Crippen molar-refractivity contribution < 1.29 is 86.3 Å². The molecule has 2 aromatic carbocycles. The Bertz CT molecular complexity index is 3300. The second kappa shape index (κ2) is 32.3. The summed E-state index contributed by atoms with van der Waals surface area (Å²) in [5, 5.41) is 32.5. The summed E-state index contributed by atoms with van der Waals surface area (Å²) in [4.78, 5) is 128. The monoisotopic (exact) mass is 1320 g/mol. The minimum atomic E-state index is -1.92. The molecule has 7 rings (SSSR count). The molecule has 10 N–H and O–H groups in total. The summed E-state index contributed by atoms with van der Waals surface area (Å²) in [6.45, 7) is 9.63. The molecule has 29 nitrogen and oxygen atoms in total. The first-order chi connectivity index (χ1) is 43.7. The van der Waals surface area contributed by atoms with Gasteiger partial charge in [-0.3, -0.25) is 39.6 Å². The zero-order valence-electron chi connectivity index (χ0n) is 52.4. The predicted octanol–water partition coefficient (Wildman–Crippen LogP) is 4.31. The molecule has 0 spiro atoms. The molecule has 4 aliphatic heterocycles. The van der Waals surface area contributed by atoms with Gasteiger partial charge in [0.15, 0.2) is 10.8 Å². The van der Waals surface area contributed by atoms with Crippen LogP contribution in [-0.2, 0) is 68.4 Å². The van der Waals surface area contributed by atoms with Crippen molar-refractivity contribution in [2.75, 3.05) is 76.3 Å². The van der Waals surface area contributed by atoms with Crippen LogP contribution in [0.4, 0.5) is 31.4 Å². The molecule has 0 aliphatic carbocycles. The molecule has 3 fully saturated rings. The fraction of sp³-hybridized carbons (Fsp3) is 0.525. The van der Waals surface area contributed by atoms with Gasteiger partial charge in [-0.05, 0) is 93.2 Å². The molecule has 4 aliphatic rings. The number of epoxide rings is 1. The number of halogens is 1. The number of hydrogen-bond donors (Lipinski definition) is 9. The Morgan fingerprint density at radius 3 is 2.36 bits per heavy atom. The Balaban J connectivity index is 1.02. The van der Waals surface area contributed by atoms with Gasteiger partial charge in [0.2, 0.25) is 17.7 Å². The molecule has 3 aromatic rings. The van der Waals surface area contributed by atoms with E-state index in [1.807, 2.05) is 13.0 Å². The summed E-state index contributed by atoms with van der Waals surface area (Å²) >= 11 is 12.4. The van der Waals surface area contributed by atoms with Crippen molar-refractivity contribution in [3.05, 3.63) is 77.0 Å². The highest BCUT2D eigenvalue weighted by Gasteiger charge is 2.64. The molecule has 9 atom stereocenters. The number of amides is 9. The molecule has 3 saturated heterocycles. The molecule has 31 heteroatoms. The van der Waals surface area contributed by atoms with Crippen LogP contribution >= 0.6 is 23.8 Å². The maximum Gasteiger partial charge on any atom is 0.412 e. The highest BCUT2D eigenvalue weighted by molar-refractivity contribution is 7.80. The SMILES string of the molecule is COc1cc2cc(c1Cl)N(C)C(=O)C[C@H](OC(=O)Nc1ccc(NC(=O)[C@H](CCCNC(N)=O)NC(=O)[C@@H](NC(=S)NCCOCCOCCC(=O)ON3C(=O)CCC3=O)C(C)C)c3ncccc13)[C@]1(C)O[C@H]1[C@H](C)[C@@H]1C[C@@](O)(NC(=O)O1)[C@H](OC)/C=C/C=C(\C)C2. The number of rotatable bonds is 24. The third-order valence-electron chi connectivity index (χ3n) is 15.9. The van der Waals surface area contributed by atoms with E-state index in [0.717, 1.165) is 11.1 Å². The lowest BCUT2D eigenvalue weighted by molar-refractivity contribution is -0.198. The summed E-state index contributed by atoms with van der Waals surface area (Å²) in [6.07, 6.45) is 0.555. The molecule has 500 valence electrons. The van der Waals surface area contributed by atoms with Crippen LogP contribution in [-0.4, -0.2) is 183 Å². The van der Waals surface area contributed by atoms with E-state index in [-0.39, 0.29) is 111 Å². The zero-order valence-corrected chi connectivity index (χ0v) is 54.0. The smallest absolute Gasteiger partial charge is 0.412 e. The number of hydroxylamine groups is 2. The Kier molecular flexibility index (Phi) is 25.0. The first-order valence-corrected chi connectivity index (χ1v) is 30.7. The first-order valence-electron chi connectivity index (χ1n) is 29.9. The van der Waals surface area contributed by atoms with Gasteiger partial charge in [0.1, 0.15) is 46.8 Å². The van der Waals surface area contributed by atoms with E-state index in [1.165, 1.54) is 44.5 Å². The van der Waals surface area contributed by atoms with E-state index in [0.29, 0.717) is 28.3 Å². The number of fused-ring (bicyclic) bond motifs is 6. The number of carbonyl (C=O) groups is 9. The maximum absolute atomic E-state index is 14.6. The number of carbonyl (C=O) groups excluding carboxylic acids is 9. The second-order valence-corrected chi connectivity index (χ2v) is 23.8. The van der Waals surface area contributed by atoms with Gasteiger partial charge >= 0.3 is 24.2 Å². The number of hydrogen-bond acceptors (Lipinski definition) is 20. The van der Waals surface area contributed by atoms with Gasteiger partial charge in [0.05, 0.1) is 75.1 Å². The molecule has 92 heavy (non-hydrogen) atoms. The van der Waals surface area contributed by atoms with Crippen molar-refractivity contribution in [1.29, 1.82) is 0 Å². The van der Waals surface area contributed by atoms with Crippen LogP contribution in [0, 0.1) is 11.8 Å². The molecule has 0 saturated carbocycles. The topological polar surface area (TPSA) is 381 Å². The van der Waals surface area contributed by atoms with Gasteiger partial charge in [-0.25, -0.2) is 19.2 Å². The Morgan fingerprint density at radius 2 is 1.66 bits per heavy atom. The minimum absolute atomic E-state index is 0.0122. The van der Waals surface area contributed by atoms with Gasteiger partial charge in [0, 0.05) is 64.0 Å². The van der Waals surface area contributed by atoms with Crippen molar-refractivity contribution in [2.45, 2.75) is 134 Å². The number of alkyl carbamates (subject to hydrolysis) is 1. The lowest BCUT2D eigenvalue weighted by atomic mass is 9.83. The number of nitrogens with one attached hydrogen (secondary N) is 7. The lowest BCUT2D eigenvalue weighted by Gasteiger charge is -2.42. The molecular weight excluding hydrogens is 1240 g/mol. The number of ether oxygens (including phenoxy) is 7. The van der Waals surface area contributed by atoms with Gasteiger partial charge in [-0.2, -0.15) is 0 Å². The van der Waals surface area contributed by atoms with Crippen molar-refractivity contribution in [2.24, 2.45) is 17.6 Å². The van der Waals surface area contributed by atoms with Crippen LogP contribution in [0.3, 0.4) is 0 Å². The van der Waals surface area contributed by atoms with Crippen LogP contribution in [0.5, 0.6) is 5.75 Å². The van der Waals surface area contributed by atoms with Crippen molar-refractivity contribution in [3.8, 4) is 5.75 Å². The highest BCUT2D eigenvalue weighted by Crippen LogP contribution is 2.49. The molecular formula is C61H80ClN11O18S. The van der Waals surface area contributed by atoms with E-state index >= 15 is 0 Å². The number of thiocarbonyl (C=S) groups is 1. The van der Waals surface area contributed by atoms with Crippen LogP contribution < -0.4 is 52.6 Å². The largest absolute Gasteiger partial charge is 0.495 e. The maximum atomic E-state index is 14.6. The van der Waals surface area contributed by atoms with E-state index in [4.69, 9.17) is 67.5 Å².